The van der Waals surface area contributed by atoms with Gasteiger partial charge >= 0.3 is 0 Å². The van der Waals surface area contributed by atoms with Crippen molar-refractivity contribution < 1.29 is 14.3 Å². The van der Waals surface area contributed by atoms with Crippen LogP contribution in [-0.4, -0.2) is 20.1 Å². The third-order valence-corrected chi connectivity index (χ3v) is 3.98. The topological polar surface area (TPSA) is 47.6 Å². The first-order chi connectivity index (χ1) is 11.0. The number of carbonyl (C=O) groups excluding carboxylic acids is 1. The summed E-state index contributed by atoms with van der Waals surface area (Å²) in [5, 5.41) is 3.05. The number of aryl methyl sites for hydroxylation is 2. The molecular formula is C19H23NO3. The van der Waals surface area contributed by atoms with Crippen LogP contribution in [-0.2, 0) is 0 Å². The van der Waals surface area contributed by atoms with Gasteiger partial charge in [-0.2, -0.15) is 0 Å². The fourth-order valence-corrected chi connectivity index (χ4v) is 2.64. The average molecular weight is 313 g/mol. The molecule has 2 aromatic carbocycles. The molecule has 0 aliphatic heterocycles. The van der Waals surface area contributed by atoms with Crippen LogP contribution in [0.1, 0.15) is 40.0 Å². The number of rotatable bonds is 5. The normalized spacial score (nSPS) is 11.7. The summed E-state index contributed by atoms with van der Waals surface area (Å²) in [5.41, 5.74) is 3.70. The molecule has 4 nitrogen and oxygen atoms in total. The highest BCUT2D eigenvalue weighted by atomic mass is 16.5. The Morgan fingerprint density at radius 3 is 2.22 bits per heavy atom. The molecule has 0 aliphatic rings. The van der Waals surface area contributed by atoms with Crippen LogP contribution in [0.15, 0.2) is 36.4 Å². The first kappa shape index (κ1) is 16.9. The molecule has 1 N–H and O–H groups in total. The van der Waals surface area contributed by atoms with Gasteiger partial charge in [-0.1, -0.05) is 18.2 Å². The molecule has 2 rings (SSSR count). The molecule has 0 heterocycles. The predicted octanol–water partition coefficient (Wildman–Crippen LogP) is 3.81. The maximum absolute atomic E-state index is 12.5. The predicted molar refractivity (Wildman–Crippen MR) is 91.3 cm³/mol. The lowest BCUT2D eigenvalue weighted by Crippen LogP contribution is -2.27. The van der Waals surface area contributed by atoms with Crippen LogP contribution in [0.2, 0.25) is 0 Å². The van der Waals surface area contributed by atoms with E-state index in [1.165, 1.54) is 0 Å². The minimum atomic E-state index is -0.137. The van der Waals surface area contributed by atoms with Gasteiger partial charge in [0.25, 0.3) is 5.91 Å². The minimum Gasteiger partial charge on any atom is -0.493 e. The van der Waals surface area contributed by atoms with E-state index in [1.54, 1.807) is 14.2 Å². The van der Waals surface area contributed by atoms with Crippen LogP contribution in [0.25, 0.3) is 0 Å². The molecular weight excluding hydrogens is 290 g/mol. The van der Waals surface area contributed by atoms with Crippen molar-refractivity contribution in [2.24, 2.45) is 0 Å². The van der Waals surface area contributed by atoms with Gasteiger partial charge in [0, 0.05) is 5.56 Å². The van der Waals surface area contributed by atoms with Crippen LogP contribution in [0, 0.1) is 13.8 Å². The number of ether oxygens (including phenoxy) is 2. The zero-order valence-corrected chi connectivity index (χ0v) is 14.3. The van der Waals surface area contributed by atoms with Gasteiger partial charge in [-0.3, -0.25) is 4.79 Å². The molecule has 1 amide bonds. The summed E-state index contributed by atoms with van der Waals surface area (Å²) >= 11 is 0. The number of hydrogen-bond acceptors (Lipinski definition) is 3. The maximum Gasteiger partial charge on any atom is 0.252 e. The lowest BCUT2D eigenvalue weighted by Gasteiger charge is -2.19. The van der Waals surface area contributed by atoms with Crippen molar-refractivity contribution in [3.05, 3.63) is 58.7 Å². The number of amides is 1. The molecule has 0 aromatic heterocycles. The van der Waals surface area contributed by atoms with E-state index in [-0.39, 0.29) is 11.9 Å². The van der Waals surface area contributed by atoms with Crippen molar-refractivity contribution in [3.8, 4) is 11.5 Å². The lowest BCUT2D eigenvalue weighted by molar-refractivity contribution is 0.0939. The summed E-state index contributed by atoms with van der Waals surface area (Å²) in [4.78, 5) is 12.5. The number of methoxy groups -OCH3 is 2. The average Bonchev–Trinajstić information content (AvgIpc) is 2.54. The van der Waals surface area contributed by atoms with Crippen molar-refractivity contribution in [1.29, 1.82) is 0 Å². The van der Waals surface area contributed by atoms with E-state index in [0.717, 1.165) is 16.7 Å². The van der Waals surface area contributed by atoms with Gasteiger partial charge in [0.2, 0.25) is 0 Å². The number of hydrogen-bond donors (Lipinski definition) is 1. The first-order valence-corrected chi connectivity index (χ1v) is 7.57. The second-order valence-electron chi connectivity index (χ2n) is 5.57. The van der Waals surface area contributed by atoms with Crippen molar-refractivity contribution in [2.75, 3.05) is 14.2 Å². The van der Waals surface area contributed by atoms with E-state index in [9.17, 15) is 4.79 Å². The largest absolute Gasteiger partial charge is 0.493 e. The zero-order valence-electron chi connectivity index (χ0n) is 14.3. The Morgan fingerprint density at radius 2 is 1.61 bits per heavy atom. The molecule has 0 bridgehead atoms. The number of carbonyl (C=O) groups is 1. The Balaban J connectivity index is 2.25. The van der Waals surface area contributed by atoms with Crippen molar-refractivity contribution in [2.45, 2.75) is 26.8 Å². The third kappa shape index (κ3) is 3.65. The molecule has 23 heavy (non-hydrogen) atoms. The molecule has 2 aromatic rings. The minimum absolute atomic E-state index is 0.0789. The quantitative estimate of drug-likeness (QED) is 0.913. The van der Waals surface area contributed by atoms with Gasteiger partial charge in [0.05, 0.1) is 20.3 Å². The molecule has 0 saturated carbocycles. The van der Waals surface area contributed by atoms with Crippen LogP contribution >= 0.6 is 0 Å². The monoisotopic (exact) mass is 313 g/mol. The molecule has 0 aliphatic carbocycles. The highest BCUT2D eigenvalue weighted by Crippen LogP contribution is 2.32. The van der Waals surface area contributed by atoms with Crippen molar-refractivity contribution in [3.63, 3.8) is 0 Å². The van der Waals surface area contributed by atoms with Gasteiger partial charge in [0.15, 0.2) is 11.5 Å². The summed E-state index contributed by atoms with van der Waals surface area (Å²) in [5.74, 6) is 1.26. The summed E-state index contributed by atoms with van der Waals surface area (Å²) in [6.07, 6.45) is 0. The second-order valence-corrected chi connectivity index (χ2v) is 5.57. The Morgan fingerprint density at radius 1 is 1.00 bits per heavy atom. The number of benzene rings is 2. The van der Waals surface area contributed by atoms with Gasteiger partial charge in [-0.25, -0.2) is 0 Å². The van der Waals surface area contributed by atoms with Crippen molar-refractivity contribution in [1.82, 2.24) is 5.32 Å². The SMILES string of the molecule is COc1cc(C)c(C(C)NC(=O)c2ccccc2C)cc1OC. The fourth-order valence-electron chi connectivity index (χ4n) is 2.64. The van der Waals surface area contributed by atoms with Crippen LogP contribution in [0.5, 0.6) is 11.5 Å². The van der Waals surface area contributed by atoms with E-state index < -0.39 is 0 Å². The van der Waals surface area contributed by atoms with Gasteiger partial charge in [0.1, 0.15) is 0 Å². The molecule has 0 fully saturated rings. The van der Waals surface area contributed by atoms with Crippen molar-refractivity contribution >= 4 is 5.91 Å². The smallest absolute Gasteiger partial charge is 0.252 e. The Hall–Kier alpha value is -2.49. The zero-order chi connectivity index (χ0) is 17.0. The summed E-state index contributed by atoms with van der Waals surface area (Å²) < 4.78 is 10.7. The Bertz CT molecular complexity index is 710. The van der Waals surface area contributed by atoms with Gasteiger partial charge in [-0.15, -0.1) is 0 Å². The maximum atomic E-state index is 12.5. The standard InChI is InChI=1S/C19H23NO3/c1-12-8-6-7-9-15(12)19(21)20-14(3)16-11-18(23-5)17(22-4)10-13(16)2/h6-11,14H,1-5H3,(H,20,21). The van der Waals surface area contributed by atoms with Crippen LogP contribution in [0.4, 0.5) is 0 Å². The van der Waals surface area contributed by atoms with E-state index in [0.29, 0.717) is 17.1 Å². The van der Waals surface area contributed by atoms with Gasteiger partial charge in [-0.05, 0) is 55.7 Å². The van der Waals surface area contributed by atoms with Gasteiger partial charge < -0.3 is 14.8 Å². The summed E-state index contributed by atoms with van der Waals surface area (Å²) in [7, 11) is 3.22. The van der Waals surface area contributed by atoms with E-state index in [2.05, 4.69) is 5.32 Å². The molecule has 0 spiro atoms. The third-order valence-electron chi connectivity index (χ3n) is 3.98. The Kier molecular flexibility index (Phi) is 5.27. The molecule has 4 heteroatoms. The van der Waals surface area contributed by atoms with Crippen LogP contribution < -0.4 is 14.8 Å². The fraction of sp³-hybridized carbons (Fsp3) is 0.316. The summed E-state index contributed by atoms with van der Waals surface area (Å²) in [6.45, 7) is 5.89. The number of nitrogens with one attached hydrogen (secondary N) is 1. The first-order valence-electron chi connectivity index (χ1n) is 7.57. The second kappa shape index (κ2) is 7.18. The molecule has 122 valence electrons. The Labute approximate surface area is 137 Å². The molecule has 1 unspecified atom stereocenters. The highest BCUT2D eigenvalue weighted by molar-refractivity contribution is 5.95. The van der Waals surface area contributed by atoms with E-state index in [4.69, 9.17) is 9.47 Å². The lowest BCUT2D eigenvalue weighted by atomic mass is 10.0. The summed E-state index contributed by atoms with van der Waals surface area (Å²) in [6, 6.07) is 11.3. The highest BCUT2D eigenvalue weighted by Gasteiger charge is 2.17. The molecule has 1 atom stereocenters. The molecule has 0 saturated heterocycles. The molecule has 0 radical (unpaired) electrons. The van der Waals surface area contributed by atoms with E-state index >= 15 is 0 Å². The van der Waals surface area contributed by atoms with E-state index in [1.807, 2.05) is 57.2 Å². The van der Waals surface area contributed by atoms with Crippen LogP contribution in [0.3, 0.4) is 0 Å².